The van der Waals surface area contributed by atoms with E-state index in [1.807, 2.05) is 48.5 Å². The molecule has 0 saturated heterocycles. The van der Waals surface area contributed by atoms with Crippen LogP contribution in [-0.4, -0.2) is 40.5 Å². The third kappa shape index (κ3) is 5.00. The van der Waals surface area contributed by atoms with E-state index < -0.39 is 23.9 Å². The number of hydrogen-bond acceptors (Lipinski definition) is 7. The van der Waals surface area contributed by atoms with Gasteiger partial charge in [-0.25, -0.2) is 14.6 Å². The summed E-state index contributed by atoms with van der Waals surface area (Å²) in [5.41, 5.74) is 5.94. The van der Waals surface area contributed by atoms with Crippen LogP contribution in [0.15, 0.2) is 72.8 Å². The van der Waals surface area contributed by atoms with Gasteiger partial charge in [0.15, 0.2) is 6.10 Å². The number of ether oxygens (including phenoxy) is 2. The van der Waals surface area contributed by atoms with E-state index in [1.165, 1.54) is 23.8 Å². The zero-order valence-corrected chi connectivity index (χ0v) is 23.3. The lowest BCUT2D eigenvalue weighted by molar-refractivity contribution is -0.123. The van der Waals surface area contributed by atoms with Crippen molar-refractivity contribution < 1.29 is 23.9 Å². The first-order chi connectivity index (χ1) is 19.9. The van der Waals surface area contributed by atoms with Crippen LogP contribution in [0.1, 0.15) is 45.7 Å². The Kier molecular flexibility index (Phi) is 7.11. The molecular formula is C32H27N3O5S. The van der Waals surface area contributed by atoms with Crippen LogP contribution in [0.4, 0.5) is 5.00 Å². The molecule has 2 N–H and O–H groups in total. The third-order valence-electron chi connectivity index (χ3n) is 7.07. The van der Waals surface area contributed by atoms with Crippen molar-refractivity contribution in [2.75, 3.05) is 11.9 Å². The number of carbonyl (C=O) groups is 3. The van der Waals surface area contributed by atoms with Crippen molar-refractivity contribution in [3.8, 4) is 21.8 Å². The molecule has 8 nitrogen and oxygen atoms in total. The molecule has 1 unspecified atom stereocenters. The number of aromatic nitrogens is 2. The van der Waals surface area contributed by atoms with Gasteiger partial charge in [0.05, 0.1) is 28.8 Å². The van der Waals surface area contributed by atoms with Gasteiger partial charge in [-0.2, -0.15) is 0 Å². The summed E-state index contributed by atoms with van der Waals surface area (Å²) in [5.74, 6) is -1.16. The molecule has 1 aliphatic rings. The molecule has 0 radical (unpaired) electrons. The smallest absolute Gasteiger partial charge is 0.341 e. The number of esters is 2. The largest absolute Gasteiger partial charge is 0.462 e. The Hall–Kier alpha value is -4.76. The number of thiophene rings is 1. The van der Waals surface area contributed by atoms with Crippen LogP contribution < -0.4 is 5.32 Å². The Morgan fingerprint density at radius 2 is 1.68 bits per heavy atom. The van der Waals surface area contributed by atoms with E-state index in [-0.39, 0.29) is 12.2 Å². The maximum absolute atomic E-state index is 13.3. The van der Waals surface area contributed by atoms with Crippen molar-refractivity contribution in [2.45, 2.75) is 32.8 Å². The molecule has 1 atom stereocenters. The molecule has 41 heavy (non-hydrogen) atoms. The van der Waals surface area contributed by atoms with Gasteiger partial charge in [0.25, 0.3) is 5.91 Å². The highest BCUT2D eigenvalue weighted by atomic mass is 32.1. The average molecular weight is 566 g/mol. The SMILES string of the molecule is CCOC(=O)c1c(NC(=O)C(C)OC(=O)c2ccccc2-c2nc3ccccc3[nH]2)sc2c1CCc1ccccc1-2. The molecule has 9 heteroatoms. The van der Waals surface area contributed by atoms with E-state index >= 15 is 0 Å². The van der Waals surface area contributed by atoms with Crippen LogP contribution in [0, 0.1) is 0 Å². The van der Waals surface area contributed by atoms with Crippen molar-refractivity contribution in [1.29, 1.82) is 0 Å². The summed E-state index contributed by atoms with van der Waals surface area (Å²) < 4.78 is 11.0. The van der Waals surface area contributed by atoms with Gasteiger partial charge in [0, 0.05) is 10.4 Å². The summed E-state index contributed by atoms with van der Waals surface area (Å²) in [4.78, 5) is 48.3. The molecule has 206 valence electrons. The Bertz CT molecular complexity index is 1770. The number of anilines is 1. The summed E-state index contributed by atoms with van der Waals surface area (Å²) in [6.45, 7) is 3.46. The topological polar surface area (TPSA) is 110 Å². The molecular weight excluding hydrogens is 538 g/mol. The molecule has 2 aromatic heterocycles. The first-order valence-electron chi connectivity index (χ1n) is 13.4. The predicted octanol–water partition coefficient (Wildman–Crippen LogP) is 6.42. The summed E-state index contributed by atoms with van der Waals surface area (Å²) in [7, 11) is 0. The molecule has 1 amide bonds. The number of aryl methyl sites for hydroxylation is 1. The number of H-pyrrole nitrogens is 1. The summed E-state index contributed by atoms with van der Waals surface area (Å²) in [6, 6.07) is 22.6. The number of fused-ring (bicyclic) bond motifs is 4. The van der Waals surface area contributed by atoms with Crippen LogP contribution in [0.25, 0.3) is 32.9 Å². The first kappa shape index (κ1) is 26.5. The van der Waals surface area contributed by atoms with Crippen LogP contribution in [0.5, 0.6) is 0 Å². The second kappa shape index (κ2) is 11.0. The van der Waals surface area contributed by atoms with Gasteiger partial charge in [0.1, 0.15) is 10.8 Å². The minimum Gasteiger partial charge on any atom is -0.462 e. The molecule has 1 aliphatic carbocycles. The summed E-state index contributed by atoms with van der Waals surface area (Å²) in [5, 5.41) is 3.23. The van der Waals surface area contributed by atoms with E-state index in [2.05, 4.69) is 21.4 Å². The lowest BCUT2D eigenvalue weighted by atomic mass is 9.89. The van der Waals surface area contributed by atoms with E-state index in [9.17, 15) is 14.4 Å². The number of benzene rings is 3. The molecule has 0 fully saturated rings. The molecule has 0 saturated carbocycles. The number of aromatic amines is 1. The van der Waals surface area contributed by atoms with Crippen molar-refractivity contribution in [2.24, 2.45) is 0 Å². The summed E-state index contributed by atoms with van der Waals surface area (Å²) in [6.07, 6.45) is 0.321. The zero-order valence-electron chi connectivity index (χ0n) is 22.5. The van der Waals surface area contributed by atoms with Gasteiger partial charge in [0.2, 0.25) is 0 Å². The minimum atomic E-state index is -1.13. The standard InChI is InChI=1S/C32H27N3O5S/c1-3-39-32(38)26-23-17-16-19-10-4-5-11-20(19)27(23)41-30(26)35-29(36)18(2)40-31(37)22-13-7-6-12-21(22)28-33-24-14-8-9-15-25(24)34-28/h4-15,18H,3,16-17H2,1-2H3,(H,33,34)(H,35,36). The Labute approximate surface area is 240 Å². The van der Waals surface area contributed by atoms with E-state index in [0.717, 1.165) is 33.5 Å². The zero-order chi connectivity index (χ0) is 28.5. The van der Waals surface area contributed by atoms with E-state index in [1.54, 1.807) is 25.1 Å². The van der Waals surface area contributed by atoms with Gasteiger partial charge in [-0.1, -0.05) is 54.6 Å². The number of hydrogen-bond donors (Lipinski definition) is 2. The Balaban J connectivity index is 1.25. The van der Waals surface area contributed by atoms with Crippen LogP contribution in [-0.2, 0) is 27.1 Å². The third-order valence-corrected chi connectivity index (χ3v) is 8.25. The number of carbonyl (C=O) groups excluding carboxylic acids is 3. The van der Waals surface area contributed by atoms with Gasteiger partial charge < -0.3 is 19.8 Å². The molecule has 5 aromatic rings. The fourth-order valence-electron chi connectivity index (χ4n) is 5.09. The van der Waals surface area contributed by atoms with Crippen LogP contribution >= 0.6 is 11.3 Å². The first-order valence-corrected chi connectivity index (χ1v) is 14.2. The molecule has 0 bridgehead atoms. The predicted molar refractivity (Wildman–Crippen MR) is 158 cm³/mol. The van der Waals surface area contributed by atoms with Gasteiger partial charge in [-0.15, -0.1) is 11.3 Å². The lowest BCUT2D eigenvalue weighted by Crippen LogP contribution is -2.30. The molecule has 0 aliphatic heterocycles. The highest BCUT2D eigenvalue weighted by Gasteiger charge is 2.31. The fraction of sp³-hybridized carbons (Fsp3) is 0.188. The number of nitrogens with one attached hydrogen (secondary N) is 2. The second-order valence-corrected chi connectivity index (χ2v) is 10.7. The lowest BCUT2D eigenvalue weighted by Gasteiger charge is -2.17. The summed E-state index contributed by atoms with van der Waals surface area (Å²) >= 11 is 1.34. The maximum Gasteiger partial charge on any atom is 0.341 e. The van der Waals surface area contributed by atoms with Gasteiger partial charge in [-0.3, -0.25) is 4.79 Å². The fourth-order valence-corrected chi connectivity index (χ4v) is 6.39. The average Bonchev–Trinajstić information content (AvgIpc) is 3.59. The number of imidazole rings is 1. The number of amides is 1. The van der Waals surface area contributed by atoms with Crippen molar-refractivity contribution >= 4 is 45.2 Å². The molecule has 2 heterocycles. The Morgan fingerprint density at radius 1 is 0.951 bits per heavy atom. The van der Waals surface area contributed by atoms with Crippen LogP contribution in [0.3, 0.4) is 0 Å². The minimum absolute atomic E-state index is 0.214. The van der Waals surface area contributed by atoms with Crippen LogP contribution in [0.2, 0.25) is 0 Å². The van der Waals surface area contributed by atoms with E-state index in [0.29, 0.717) is 28.4 Å². The highest BCUT2D eigenvalue weighted by Crippen LogP contribution is 2.45. The van der Waals surface area contributed by atoms with E-state index in [4.69, 9.17) is 9.47 Å². The number of nitrogens with zero attached hydrogens (tertiary/aromatic N) is 1. The highest BCUT2D eigenvalue weighted by molar-refractivity contribution is 7.20. The molecule has 3 aromatic carbocycles. The van der Waals surface area contributed by atoms with Crippen molar-refractivity contribution in [1.82, 2.24) is 9.97 Å². The monoisotopic (exact) mass is 565 g/mol. The quantitative estimate of drug-likeness (QED) is 0.221. The number of para-hydroxylation sites is 2. The second-order valence-electron chi connectivity index (χ2n) is 9.68. The molecule has 6 rings (SSSR count). The maximum atomic E-state index is 13.3. The van der Waals surface area contributed by atoms with Gasteiger partial charge in [-0.05, 0) is 61.6 Å². The van der Waals surface area contributed by atoms with Crippen molar-refractivity contribution in [3.05, 3.63) is 95.1 Å². The van der Waals surface area contributed by atoms with Crippen molar-refractivity contribution in [3.63, 3.8) is 0 Å². The Morgan fingerprint density at radius 3 is 2.49 bits per heavy atom. The molecule has 0 spiro atoms. The number of rotatable bonds is 7. The normalized spacial score (nSPS) is 12.7. The van der Waals surface area contributed by atoms with Gasteiger partial charge >= 0.3 is 11.9 Å².